The molecule has 1 unspecified atom stereocenters. The summed E-state index contributed by atoms with van der Waals surface area (Å²) < 4.78 is 7.12. The number of ether oxygens (including phenoxy) is 1. The van der Waals surface area contributed by atoms with E-state index in [0.717, 1.165) is 5.69 Å². The molecular weight excluding hydrogens is 294 g/mol. The summed E-state index contributed by atoms with van der Waals surface area (Å²) in [4.78, 5) is 12.3. The molecule has 0 saturated heterocycles. The molecule has 1 aromatic heterocycles. The number of hydrogen-bond donors (Lipinski definition) is 2. The van der Waals surface area contributed by atoms with Crippen LogP contribution in [-0.4, -0.2) is 40.0 Å². The van der Waals surface area contributed by atoms with Gasteiger partial charge in [-0.3, -0.25) is 4.79 Å². The fraction of sp³-hybridized carbons (Fsp3) is 0.412. The molecule has 0 saturated carbocycles. The third-order valence-corrected chi connectivity index (χ3v) is 3.46. The molecule has 0 radical (unpaired) electrons. The number of aliphatic hydroxyl groups is 1. The first-order valence-electron chi connectivity index (χ1n) is 7.77. The van der Waals surface area contributed by atoms with Crippen LogP contribution in [0.1, 0.15) is 31.3 Å². The third kappa shape index (κ3) is 4.32. The molecule has 0 aliphatic heterocycles. The Labute approximate surface area is 136 Å². The van der Waals surface area contributed by atoms with Gasteiger partial charge in [-0.05, 0) is 25.0 Å². The van der Waals surface area contributed by atoms with Crippen LogP contribution in [0.4, 0.5) is 0 Å². The second kappa shape index (κ2) is 7.78. The summed E-state index contributed by atoms with van der Waals surface area (Å²) in [5.74, 6) is 0.138. The molecule has 2 aromatic rings. The van der Waals surface area contributed by atoms with Crippen molar-refractivity contribution in [1.82, 2.24) is 15.1 Å². The highest BCUT2D eigenvalue weighted by atomic mass is 16.5. The summed E-state index contributed by atoms with van der Waals surface area (Å²) in [7, 11) is 0. The van der Waals surface area contributed by atoms with Gasteiger partial charge in [0.2, 0.25) is 0 Å². The molecule has 0 fully saturated rings. The zero-order valence-electron chi connectivity index (χ0n) is 13.7. The Hall–Kier alpha value is -2.34. The average Bonchev–Trinajstić information content (AvgIpc) is 2.97. The van der Waals surface area contributed by atoms with Crippen LogP contribution in [0, 0.1) is 5.92 Å². The van der Waals surface area contributed by atoms with Gasteiger partial charge < -0.3 is 15.2 Å². The van der Waals surface area contributed by atoms with Gasteiger partial charge in [-0.25, -0.2) is 4.68 Å². The molecule has 2 N–H and O–H groups in total. The molecule has 0 aliphatic carbocycles. The minimum atomic E-state index is -0.592. The molecule has 0 bridgehead atoms. The lowest BCUT2D eigenvalue weighted by Gasteiger charge is -2.14. The number of aromatic nitrogens is 2. The van der Waals surface area contributed by atoms with Crippen LogP contribution in [0.2, 0.25) is 0 Å². The van der Waals surface area contributed by atoms with Crippen molar-refractivity contribution in [1.29, 1.82) is 0 Å². The highest BCUT2D eigenvalue weighted by Crippen LogP contribution is 2.20. The summed E-state index contributed by atoms with van der Waals surface area (Å²) in [5.41, 5.74) is 1.06. The Kier molecular flexibility index (Phi) is 5.76. The minimum Gasteiger partial charge on any atom is -0.490 e. The van der Waals surface area contributed by atoms with Crippen molar-refractivity contribution in [2.45, 2.75) is 26.9 Å². The Morgan fingerprint density at radius 2 is 2.04 bits per heavy atom. The molecule has 1 atom stereocenters. The lowest BCUT2D eigenvalue weighted by molar-refractivity contribution is 0.0863. The van der Waals surface area contributed by atoms with Gasteiger partial charge in [-0.1, -0.05) is 32.0 Å². The highest BCUT2D eigenvalue weighted by Gasteiger charge is 2.20. The topological polar surface area (TPSA) is 76.4 Å². The van der Waals surface area contributed by atoms with E-state index >= 15 is 0 Å². The predicted molar refractivity (Wildman–Crippen MR) is 87.9 cm³/mol. The van der Waals surface area contributed by atoms with E-state index in [1.807, 2.05) is 51.1 Å². The first-order chi connectivity index (χ1) is 11.0. The van der Waals surface area contributed by atoms with E-state index in [1.165, 1.54) is 0 Å². The molecule has 124 valence electrons. The van der Waals surface area contributed by atoms with Gasteiger partial charge in [0.05, 0.1) is 24.6 Å². The summed E-state index contributed by atoms with van der Waals surface area (Å²) in [6, 6.07) is 9.50. The number of hydrogen-bond acceptors (Lipinski definition) is 4. The maximum Gasteiger partial charge on any atom is 0.275 e. The van der Waals surface area contributed by atoms with Gasteiger partial charge >= 0.3 is 0 Å². The maximum atomic E-state index is 12.3. The van der Waals surface area contributed by atoms with Crippen molar-refractivity contribution < 1.29 is 14.6 Å². The van der Waals surface area contributed by atoms with E-state index in [2.05, 4.69) is 10.4 Å². The molecule has 1 heterocycles. The Morgan fingerprint density at radius 1 is 1.35 bits per heavy atom. The molecule has 1 aromatic carbocycles. The Morgan fingerprint density at radius 3 is 2.65 bits per heavy atom. The van der Waals surface area contributed by atoms with Crippen LogP contribution in [0.3, 0.4) is 0 Å². The first-order valence-corrected chi connectivity index (χ1v) is 7.77. The number of rotatable bonds is 7. The SMILES string of the molecule is CCOc1cn(-c2ccccc2)nc1C(=O)NCC(O)C(C)C. The first kappa shape index (κ1) is 17.0. The van der Waals surface area contributed by atoms with Gasteiger partial charge in [0.1, 0.15) is 0 Å². The van der Waals surface area contributed by atoms with E-state index in [4.69, 9.17) is 4.74 Å². The molecule has 6 heteroatoms. The molecule has 6 nitrogen and oxygen atoms in total. The van der Waals surface area contributed by atoms with Crippen LogP contribution in [-0.2, 0) is 0 Å². The summed E-state index contributed by atoms with van der Waals surface area (Å²) >= 11 is 0. The maximum absolute atomic E-state index is 12.3. The van der Waals surface area contributed by atoms with E-state index in [9.17, 15) is 9.90 Å². The lowest BCUT2D eigenvalue weighted by atomic mass is 10.1. The average molecular weight is 317 g/mol. The van der Waals surface area contributed by atoms with E-state index in [1.54, 1.807) is 10.9 Å². The zero-order chi connectivity index (χ0) is 16.8. The second-order valence-electron chi connectivity index (χ2n) is 5.58. The molecule has 23 heavy (non-hydrogen) atoms. The van der Waals surface area contributed by atoms with Crippen molar-refractivity contribution in [3.8, 4) is 11.4 Å². The molecule has 0 aliphatic rings. The Balaban J connectivity index is 2.19. The number of nitrogens with zero attached hydrogens (tertiary/aromatic N) is 2. The van der Waals surface area contributed by atoms with E-state index in [0.29, 0.717) is 12.4 Å². The summed E-state index contributed by atoms with van der Waals surface area (Å²) in [5, 5.41) is 16.8. The van der Waals surface area contributed by atoms with Crippen molar-refractivity contribution >= 4 is 5.91 Å². The number of benzene rings is 1. The normalized spacial score (nSPS) is 12.2. The van der Waals surface area contributed by atoms with Gasteiger partial charge in [-0.2, -0.15) is 5.10 Å². The number of carbonyl (C=O) groups is 1. The standard InChI is InChI=1S/C17H23N3O3/c1-4-23-15-11-20(13-8-6-5-7-9-13)19-16(15)17(22)18-10-14(21)12(2)3/h5-9,11-12,14,21H,4,10H2,1-3H3,(H,18,22). The number of aliphatic hydroxyl groups excluding tert-OH is 1. The largest absolute Gasteiger partial charge is 0.490 e. The monoisotopic (exact) mass is 317 g/mol. The van der Waals surface area contributed by atoms with Crippen molar-refractivity contribution in [3.63, 3.8) is 0 Å². The van der Waals surface area contributed by atoms with E-state index < -0.39 is 6.10 Å². The molecule has 0 spiro atoms. The van der Waals surface area contributed by atoms with Gasteiger partial charge in [0, 0.05) is 6.54 Å². The van der Waals surface area contributed by atoms with Gasteiger partial charge in [0.25, 0.3) is 5.91 Å². The molecular formula is C17H23N3O3. The van der Waals surface area contributed by atoms with Crippen molar-refractivity contribution in [2.24, 2.45) is 5.92 Å². The van der Waals surface area contributed by atoms with Crippen LogP contribution >= 0.6 is 0 Å². The molecule has 1 amide bonds. The smallest absolute Gasteiger partial charge is 0.275 e. The van der Waals surface area contributed by atoms with Gasteiger partial charge in [-0.15, -0.1) is 0 Å². The van der Waals surface area contributed by atoms with Crippen LogP contribution in [0.25, 0.3) is 5.69 Å². The van der Waals surface area contributed by atoms with Gasteiger partial charge in [0.15, 0.2) is 11.4 Å². The van der Waals surface area contributed by atoms with E-state index in [-0.39, 0.29) is 24.1 Å². The third-order valence-electron chi connectivity index (χ3n) is 3.46. The van der Waals surface area contributed by atoms with Crippen molar-refractivity contribution in [2.75, 3.05) is 13.2 Å². The number of carbonyl (C=O) groups excluding carboxylic acids is 1. The predicted octanol–water partition coefficient (Wildman–Crippen LogP) is 2.02. The number of amides is 1. The minimum absolute atomic E-state index is 0.0727. The van der Waals surface area contributed by atoms with Crippen LogP contribution in [0.15, 0.2) is 36.5 Å². The molecule has 2 rings (SSSR count). The lowest BCUT2D eigenvalue weighted by Crippen LogP contribution is -2.35. The highest BCUT2D eigenvalue weighted by molar-refractivity contribution is 5.95. The van der Waals surface area contributed by atoms with Crippen LogP contribution in [0.5, 0.6) is 5.75 Å². The summed E-state index contributed by atoms with van der Waals surface area (Å²) in [6.07, 6.45) is 1.10. The zero-order valence-corrected chi connectivity index (χ0v) is 13.7. The Bertz CT molecular complexity index is 638. The fourth-order valence-corrected chi connectivity index (χ4v) is 2.01. The quantitative estimate of drug-likeness (QED) is 0.819. The number of nitrogens with one attached hydrogen (secondary N) is 1. The summed E-state index contributed by atoms with van der Waals surface area (Å²) in [6.45, 7) is 6.26. The fourth-order valence-electron chi connectivity index (χ4n) is 2.01. The second-order valence-corrected chi connectivity index (χ2v) is 5.58. The van der Waals surface area contributed by atoms with Crippen molar-refractivity contribution in [3.05, 3.63) is 42.2 Å². The number of para-hydroxylation sites is 1. The van der Waals surface area contributed by atoms with Crippen LogP contribution < -0.4 is 10.1 Å².